The van der Waals surface area contributed by atoms with Gasteiger partial charge in [0.25, 0.3) is 0 Å². The molecule has 2 aromatic rings. The fourth-order valence-corrected chi connectivity index (χ4v) is 2.70. The number of halogens is 1. The third kappa shape index (κ3) is 3.75. The molecule has 0 N–H and O–H groups in total. The summed E-state index contributed by atoms with van der Waals surface area (Å²) in [6.07, 6.45) is 1.17. The average Bonchev–Trinajstić information content (AvgIpc) is 2.82. The van der Waals surface area contributed by atoms with Crippen molar-refractivity contribution in [1.29, 1.82) is 0 Å². The number of methoxy groups -OCH3 is 1. The van der Waals surface area contributed by atoms with Crippen LogP contribution in [0.1, 0.15) is 39.2 Å². The first-order chi connectivity index (χ1) is 10.6. The summed E-state index contributed by atoms with van der Waals surface area (Å²) in [6.45, 7) is 7.18. The topological polar surface area (TPSA) is 57.5 Å². The van der Waals surface area contributed by atoms with E-state index in [4.69, 9.17) is 9.47 Å². The van der Waals surface area contributed by atoms with E-state index in [-0.39, 0.29) is 5.97 Å². The molecule has 5 nitrogen and oxygen atoms in total. The number of benzene rings is 1. The lowest BCUT2D eigenvalue weighted by atomic mass is 10.0. The summed E-state index contributed by atoms with van der Waals surface area (Å²) in [7, 11) is 1.35. The van der Waals surface area contributed by atoms with Gasteiger partial charge in [-0.2, -0.15) is 0 Å². The van der Waals surface area contributed by atoms with E-state index >= 15 is 0 Å². The van der Waals surface area contributed by atoms with Crippen LogP contribution in [0.3, 0.4) is 0 Å². The van der Waals surface area contributed by atoms with Gasteiger partial charge in [-0.1, -0.05) is 15.9 Å². The van der Waals surface area contributed by atoms with Gasteiger partial charge in [0.1, 0.15) is 5.60 Å². The van der Waals surface area contributed by atoms with Crippen LogP contribution in [-0.2, 0) is 14.3 Å². The van der Waals surface area contributed by atoms with Crippen LogP contribution in [0.5, 0.6) is 0 Å². The molecule has 0 amide bonds. The quantitative estimate of drug-likeness (QED) is 0.720. The number of nitrogens with zero attached hydrogens (tertiary/aromatic N) is 1. The molecule has 0 aliphatic carbocycles. The summed E-state index contributed by atoms with van der Waals surface area (Å²) in [5.41, 5.74) is 0.809. The van der Waals surface area contributed by atoms with Crippen molar-refractivity contribution >= 4 is 38.9 Å². The number of aromatic nitrogens is 1. The summed E-state index contributed by atoms with van der Waals surface area (Å²) in [4.78, 5) is 24.3. The standard InChI is InChI=1S/C17H20BrNO4/c1-10(15(20)22-5)13-9-19(16(21)23-17(2,3)4)14-7-6-11(18)8-12(13)14/h6-10H,1-5H3. The predicted molar refractivity (Wildman–Crippen MR) is 91.7 cm³/mol. The second kappa shape index (κ2) is 6.35. The Morgan fingerprint density at radius 3 is 2.48 bits per heavy atom. The predicted octanol–water partition coefficient (Wildman–Crippen LogP) is 4.46. The summed E-state index contributed by atoms with van der Waals surface area (Å²) >= 11 is 3.42. The van der Waals surface area contributed by atoms with Gasteiger partial charge < -0.3 is 9.47 Å². The molecular weight excluding hydrogens is 362 g/mol. The van der Waals surface area contributed by atoms with Crippen LogP contribution in [0.25, 0.3) is 10.9 Å². The minimum absolute atomic E-state index is 0.354. The minimum atomic E-state index is -0.600. The first kappa shape index (κ1) is 17.5. The molecule has 1 heterocycles. The first-order valence-electron chi connectivity index (χ1n) is 7.25. The molecule has 6 heteroatoms. The normalized spacial score (nSPS) is 13.0. The summed E-state index contributed by atoms with van der Waals surface area (Å²) in [5, 5.41) is 0.808. The van der Waals surface area contributed by atoms with Gasteiger partial charge in [0.2, 0.25) is 0 Å². The molecule has 1 atom stereocenters. The Kier molecular flexibility index (Phi) is 4.84. The van der Waals surface area contributed by atoms with Gasteiger partial charge in [-0.3, -0.25) is 9.36 Å². The summed E-state index contributed by atoms with van der Waals surface area (Å²) < 4.78 is 12.6. The first-order valence-corrected chi connectivity index (χ1v) is 8.05. The van der Waals surface area contributed by atoms with Gasteiger partial charge in [-0.15, -0.1) is 0 Å². The zero-order chi connectivity index (χ0) is 17.4. The van der Waals surface area contributed by atoms with Crippen molar-refractivity contribution in [3.05, 3.63) is 34.4 Å². The number of ether oxygens (including phenoxy) is 2. The average molecular weight is 382 g/mol. The van der Waals surface area contributed by atoms with E-state index in [2.05, 4.69) is 15.9 Å². The number of fused-ring (bicyclic) bond motifs is 1. The van der Waals surface area contributed by atoms with Gasteiger partial charge in [0, 0.05) is 16.1 Å². The second-order valence-corrected chi connectivity index (χ2v) is 7.26. The molecule has 0 radical (unpaired) electrons. The highest BCUT2D eigenvalue weighted by Crippen LogP contribution is 2.31. The highest BCUT2D eigenvalue weighted by molar-refractivity contribution is 9.10. The second-order valence-electron chi connectivity index (χ2n) is 6.34. The number of rotatable bonds is 2. The lowest BCUT2D eigenvalue weighted by Crippen LogP contribution is -2.26. The highest BCUT2D eigenvalue weighted by Gasteiger charge is 2.25. The monoisotopic (exact) mass is 381 g/mol. The SMILES string of the molecule is COC(=O)C(C)c1cn(C(=O)OC(C)(C)C)c2ccc(Br)cc12. The molecule has 0 spiro atoms. The third-order valence-electron chi connectivity index (χ3n) is 3.41. The molecule has 0 saturated carbocycles. The van der Waals surface area contributed by atoms with Crippen LogP contribution >= 0.6 is 15.9 Å². The van der Waals surface area contributed by atoms with Crippen LogP contribution in [0.4, 0.5) is 4.79 Å². The van der Waals surface area contributed by atoms with E-state index in [9.17, 15) is 9.59 Å². The molecule has 23 heavy (non-hydrogen) atoms. The number of hydrogen-bond donors (Lipinski definition) is 0. The molecule has 1 aromatic carbocycles. The number of hydrogen-bond acceptors (Lipinski definition) is 4. The Hall–Kier alpha value is -1.82. The van der Waals surface area contributed by atoms with Crippen molar-refractivity contribution in [2.75, 3.05) is 7.11 Å². The summed E-state index contributed by atoms with van der Waals surface area (Å²) in [6, 6.07) is 5.54. The van der Waals surface area contributed by atoms with Crippen LogP contribution in [0, 0.1) is 0 Å². The zero-order valence-corrected chi connectivity index (χ0v) is 15.4. The third-order valence-corrected chi connectivity index (χ3v) is 3.90. The van der Waals surface area contributed by atoms with Crippen molar-refractivity contribution in [3.8, 4) is 0 Å². The highest BCUT2D eigenvalue weighted by atomic mass is 79.9. The van der Waals surface area contributed by atoms with Crippen molar-refractivity contribution < 1.29 is 19.1 Å². The zero-order valence-electron chi connectivity index (χ0n) is 13.8. The Morgan fingerprint density at radius 1 is 1.26 bits per heavy atom. The maximum absolute atomic E-state index is 12.4. The van der Waals surface area contributed by atoms with Crippen molar-refractivity contribution in [2.45, 2.75) is 39.2 Å². The Morgan fingerprint density at radius 2 is 1.91 bits per heavy atom. The smallest absolute Gasteiger partial charge is 0.419 e. The van der Waals surface area contributed by atoms with Gasteiger partial charge in [-0.25, -0.2) is 4.79 Å². The maximum Gasteiger partial charge on any atom is 0.419 e. The molecule has 0 aliphatic heterocycles. The fourth-order valence-electron chi connectivity index (χ4n) is 2.34. The van der Waals surface area contributed by atoms with E-state index in [1.807, 2.05) is 39.0 Å². The van der Waals surface area contributed by atoms with E-state index in [0.29, 0.717) is 5.52 Å². The van der Waals surface area contributed by atoms with Crippen LogP contribution in [0.15, 0.2) is 28.9 Å². The molecule has 0 aliphatic rings. The van der Waals surface area contributed by atoms with Crippen molar-refractivity contribution in [3.63, 3.8) is 0 Å². The lowest BCUT2D eigenvalue weighted by molar-refractivity contribution is -0.141. The maximum atomic E-state index is 12.4. The van der Waals surface area contributed by atoms with Gasteiger partial charge in [-0.05, 0) is 51.5 Å². The molecule has 0 saturated heterocycles. The van der Waals surface area contributed by atoms with Crippen LogP contribution < -0.4 is 0 Å². The van der Waals surface area contributed by atoms with Crippen LogP contribution in [-0.4, -0.2) is 29.3 Å². The number of carbonyl (C=O) groups excluding carboxylic acids is 2. The van der Waals surface area contributed by atoms with E-state index in [1.54, 1.807) is 13.1 Å². The van der Waals surface area contributed by atoms with Gasteiger partial charge >= 0.3 is 12.1 Å². The van der Waals surface area contributed by atoms with Crippen molar-refractivity contribution in [2.24, 2.45) is 0 Å². The van der Waals surface area contributed by atoms with Gasteiger partial charge in [0.15, 0.2) is 0 Å². The van der Waals surface area contributed by atoms with E-state index in [1.165, 1.54) is 11.7 Å². The number of carbonyl (C=O) groups is 2. The van der Waals surface area contributed by atoms with Crippen LogP contribution in [0.2, 0.25) is 0 Å². The largest absolute Gasteiger partial charge is 0.469 e. The van der Waals surface area contributed by atoms with Gasteiger partial charge in [0.05, 0.1) is 18.5 Å². The van der Waals surface area contributed by atoms with E-state index < -0.39 is 17.6 Å². The molecule has 1 aromatic heterocycles. The molecule has 1 unspecified atom stereocenters. The Balaban J connectivity index is 2.59. The Bertz CT molecular complexity index is 758. The molecule has 0 fully saturated rings. The minimum Gasteiger partial charge on any atom is -0.469 e. The van der Waals surface area contributed by atoms with Crippen molar-refractivity contribution in [1.82, 2.24) is 4.57 Å². The Labute approximate surface area is 143 Å². The fraction of sp³-hybridized carbons (Fsp3) is 0.412. The molecular formula is C17H20BrNO4. The number of esters is 1. The molecule has 2 rings (SSSR count). The lowest BCUT2D eigenvalue weighted by Gasteiger charge is -2.19. The summed E-state index contributed by atoms with van der Waals surface area (Å²) in [5.74, 6) is -0.839. The molecule has 124 valence electrons. The van der Waals surface area contributed by atoms with E-state index in [0.717, 1.165) is 15.4 Å². The molecule has 0 bridgehead atoms.